The van der Waals surface area contributed by atoms with Crippen molar-refractivity contribution in [1.29, 1.82) is 0 Å². The fourth-order valence-electron chi connectivity index (χ4n) is 1.66. The Kier molecular flexibility index (Phi) is 4.03. The van der Waals surface area contributed by atoms with Gasteiger partial charge in [0.25, 0.3) is 0 Å². The number of rotatable bonds is 3. The lowest BCUT2D eigenvalue weighted by Gasteiger charge is -2.16. The fourth-order valence-corrected chi connectivity index (χ4v) is 2.86. The van der Waals surface area contributed by atoms with Gasteiger partial charge in [-0.15, -0.1) is 0 Å². The summed E-state index contributed by atoms with van der Waals surface area (Å²) in [5.74, 6) is 0. The molecule has 1 nitrogen and oxygen atoms in total. The summed E-state index contributed by atoms with van der Waals surface area (Å²) in [6, 6.07) is 8.37. The molecule has 16 heavy (non-hydrogen) atoms. The Morgan fingerprint density at radius 3 is 2.69 bits per heavy atom. The van der Waals surface area contributed by atoms with E-state index in [9.17, 15) is 0 Å². The molecule has 1 unspecified atom stereocenters. The third-order valence-corrected chi connectivity index (χ3v) is 4.36. The molecule has 0 radical (unpaired) electrons. The van der Waals surface area contributed by atoms with Crippen LogP contribution >= 0.6 is 38.9 Å². The molecule has 2 aromatic rings. The van der Waals surface area contributed by atoms with Crippen molar-refractivity contribution in [3.63, 3.8) is 0 Å². The van der Waals surface area contributed by atoms with Crippen LogP contribution in [-0.2, 0) is 0 Å². The summed E-state index contributed by atoms with van der Waals surface area (Å²) >= 11 is 11.1. The average molecular weight is 317 g/mol. The van der Waals surface area contributed by atoms with Gasteiger partial charge in [-0.05, 0) is 63.1 Å². The van der Waals surface area contributed by atoms with E-state index in [0.29, 0.717) is 0 Å². The zero-order chi connectivity index (χ0) is 11.5. The van der Waals surface area contributed by atoms with Crippen molar-refractivity contribution in [2.45, 2.75) is 6.04 Å². The Labute approximate surface area is 113 Å². The summed E-state index contributed by atoms with van der Waals surface area (Å²) in [4.78, 5) is 0. The third kappa shape index (κ3) is 2.48. The lowest BCUT2D eigenvalue weighted by molar-refractivity contribution is 0.694. The molecule has 0 aliphatic carbocycles. The fraction of sp³-hybridized carbons (Fsp3) is 0.167. The van der Waals surface area contributed by atoms with E-state index in [1.807, 2.05) is 19.2 Å². The van der Waals surface area contributed by atoms with Crippen LogP contribution in [0, 0.1) is 0 Å². The zero-order valence-electron chi connectivity index (χ0n) is 8.71. The van der Waals surface area contributed by atoms with Crippen molar-refractivity contribution in [1.82, 2.24) is 5.32 Å². The van der Waals surface area contributed by atoms with Gasteiger partial charge in [0.05, 0.1) is 11.1 Å². The van der Waals surface area contributed by atoms with E-state index < -0.39 is 0 Å². The molecule has 1 heterocycles. The van der Waals surface area contributed by atoms with E-state index in [-0.39, 0.29) is 6.04 Å². The van der Waals surface area contributed by atoms with E-state index in [2.05, 4.69) is 44.1 Å². The van der Waals surface area contributed by atoms with Crippen molar-refractivity contribution < 1.29 is 0 Å². The summed E-state index contributed by atoms with van der Waals surface area (Å²) in [5.41, 5.74) is 2.49. The van der Waals surface area contributed by atoms with Crippen LogP contribution in [0.15, 0.2) is 39.5 Å². The molecule has 1 N–H and O–H groups in total. The molecular formula is C12H11BrClNS. The highest BCUT2D eigenvalue weighted by Gasteiger charge is 2.13. The number of halogens is 2. The van der Waals surface area contributed by atoms with Crippen LogP contribution in [-0.4, -0.2) is 7.05 Å². The second-order valence-corrected chi connectivity index (χ2v) is 5.49. The number of hydrogen-bond acceptors (Lipinski definition) is 2. The first-order chi connectivity index (χ1) is 7.72. The lowest BCUT2D eigenvalue weighted by atomic mass is 10.0. The predicted octanol–water partition coefficient (Wildman–Crippen LogP) is 4.47. The highest BCUT2D eigenvalue weighted by atomic mass is 79.9. The second kappa shape index (κ2) is 5.32. The molecule has 0 aliphatic heterocycles. The Morgan fingerprint density at radius 1 is 1.31 bits per heavy atom. The highest BCUT2D eigenvalue weighted by molar-refractivity contribution is 9.10. The largest absolute Gasteiger partial charge is 0.309 e. The van der Waals surface area contributed by atoms with E-state index in [1.165, 1.54) is 11.1 Å². The van der Waals surface area contributed by atoms with E-state index in [1.54, 1.807) is 11.3 Å². The topological polar surface area (TPSA) is 12.0 Å². The van der Waals surface area contributed by atoms with Crippen molar-refractivity contribution >= 4 is 38.9 Å². The van der Waals surface area contributed by atoms with Crippen LogP contribution in [0.5, 0.6) is 0 Å². The third-order valence-electron chi connectivity index (χ3n) is 2.44. The number of hydrogen-bond donors (Lipinski definition) is 1. The first kappa shape index (κ1) is 12.1. The molecule has 0 fully saturated rings. The van der Waals surface area contributed by atoms with Crippen LogP contribution in [0.2, 0.25) is 5.02 Å². The summed E-state index contributed by atoms with van der Waals surface area (Å²) in [5, 5.41) is 8.29. The molecule has 2 rings (SSSR count). The van der Waals surface area contributed by atoms with Crippen molar-refractivity contribution in [2.24, 2.45) is 0 Å². The maximum absolute atomic E-state index is 5.99. The molecule has 1 aromatic heterocycles. The molecule has 0 aliphatic rings. The van der Waals surface area contributed by atoms with Gasteiger partial charge in [-0.2, -0.15) is 11.3 Å². The summed E-state index contributed by atoms with van der Waals surface area (Å²) < 4.78 is 0.933. The van der Waals surface area contributed by atoms with Crippen molar-refractivity contribution in [3.05, 3.63) is 55.6 Å². The van der Waals surface area contributed by atoms with Gasteiger partial charge in [0.2, 0.25) is 0 Å². The highest BCUT2D eigenvalue weighted by Crippen LogP contribution is 2.29. The van der Waals surface area contributed by atoms with Gasteiger partial charge in [0.1, 0.15) is 0 Å². The van der Waals surface area contributed by atoms with Crippen LogP contribution < -0.4 is 5.32 Å². The molecule has 1 atom stereocenters. The zero-order valence-corrected chi connectivity index (χ0v) is 11.9. The minimum atomic E-state index is 0.222. The Bertz CT molecular complexity index is 470. The van der Waals surface area contributed by atoms with Gasteiger partial charge >= 0.3 is 0 Å². The standard InChI is InChI=1S/C12H11BrClNS/c1-15-12(9-4-5-16-7-9)8-2-3-11(14)10(13)6-8/h2-7,12,15H,1H3. The molecule has 84 valence electrons. The number of benzene rings is 1. The van der Waals surface area contributed by atoms with Gasteiger partial charge in [-0.1, -0.05) is 17.7 Å². The lowest BCUT2D eigenvalue weighted by Crippen LogP contribution is -2.16. The van der Waals surface area contributed by atoms with E-state index >= 15 is 0 Å². The van der Waals surface area contributed by atoms with Gasteiger partial charge in [-0.25, -0.2) is 0 Å². The van der Waals surface area contributed by atoms with Crippen molar-refractivity contribution in [3.8, 4) is 0 Å². The molecule has 0 saturated heterocycles. The van der Waals surface area contributed by atoms with Crippen LogP contribution in [0.3, 0.4) is 0 Å². The van der Waals surface area contributed by atoms with Crippen LogP contribution in [0.25, 0.3) is 0 Å². The quantitative estimate of drug-likeness (QED) is 0.881. The average Bonchev–Trinajstić information content (AvgIpc) is 2.78. The molecular weight excluding hydrogens is 306 g/mol. The maximum atomic E-state index is 5.99. The molecule has 4 heteroatoms. The summed E-state index contributed by atoms with van der Waals surface area (Å²) in [6.45, 7) is 0. The Hall–Kier alpha value is -0.350. The molecule has 0 bridgehead atoms. The van der Waals surface area contributed by atoms with Gasteiger partial charge in [-0.3, -0.25) is 0 Å². The predicted molar refractivity (Wildman–Crippen MR) is 74.4 cm³/mol. The summed E-state index contributed by atoms with van der Waals surface area (Å²) in [7, 11) is 1.96. The minimum Gasteiger partial charge on any atom is -0.309 e. The molecule has 1 aromatic carbocycles. The minimum absolute atomic E-state index is 0.222. The van der Waals surface area contributed by atoms with Gasteiger partial charge < -0.3 is 5.32 Å². The first-order valence-corrected chi connectivity index (χ1v) is 6.98. The monoisotopic (exact) mass is 315 g/mol. The first-order valence-electron chi connectivity index (χ1n) is 4.86. The maximum Gasteiger partial charge on any atom is 0.0582 e. The molecule has 0 saturated carbocycles. The number of nitrogens with one attached hydrogen (secondary N) is 1. The Morgan fingerprint density at radius 2 is 2.12 bits per heavy atom. The smallest absolute Gasteiger partial charge is 0.0582 e. The van der Waals surface area contributed by atoms with Crippen molar-refractivity contribution in [2.75, 3.05) is 7.05 Å². The van der Waals surface area contributed by atoms with Crippen LogP contribution in [0.1, 0.15) is 17.2 Å². The number of thiophene rings is 1. The molecule has 0 spiro atoms. The second-order valence-electron chi connectivity index (χ2n) is 3.45. The molecule has 0 amide bonds. The van der Waals surface area contributed by atoms with Crippen LogP contribution in [0.4, 0.5) is 0 Å². The van der Waals surface area contributed by atoms with Gasteiger partial charge in [0, 0.05) is 4.47 Å². The van der Waals surface area contributed by atoms with E-state index in [4.69, 9.17) is 11.6 Å². The van der Waals surface area contributed by atoms with Gasteiger partial charge in [0.15, 0.2) is 0 Å². The normalized spacial score (nSPS) is 12.7. The summed E-state index contributed by atoms with van der Waals surface area (Å²) in [6.07, 6.45) is 0. The SMILES string of the molecule is CNC(c1ccsc1)c1ccc(Cl)c(Br)c1. The Balaban J connectivity index is 2.37. The van der Waals surface area contributed by atoms with E-state index in [0.717, 1.165) is 9.50 Å².